The second-order valence-corrected chi connectivity index (χ2v) is 5.17. The van der Waals surface area contributed by atoms with Crippen molar-refractivity contribution in [2.24, 2.45) is 5.73 Å². The Hall–Kier alpha value is -1.25. The highest BCUT2D eigenvalue weighted by atomic mass is 32.1. The number of nitrogens with one attached hydrogen (secondary N) is 1. The molecule has 19 heavy (non-hydrogen) atoms. The van der Waals surface area contributed by atoms with Gasteiger partial charge >= 0.3 is 11.8 Å². The molecule has 1 rings (SSSR count). The van der Waals surface area contributed by atoms with E-state index in [-0.39, 0.29) is 18.1 Å². The van der Waals surface area contributed by atoms with Crippen LogP contribution in [0.1, 0.15) is 12.8 Å². The van der Waals surface area contributed by atoms with Gasteiger partial charge in [0.1, 0.15) is 0 Å². The largest absolute Gasteiger partial charge is 0.392 e. The van der Waals surface area contributed by atoms with Crippen molar-refractivity contribution in [2.45, 2.75) is 18.4 Å². The number of carbonyl (C=O) groups is 2. The number of likely N-dealkylation sites (N-methyl/N-ethyl adjacent to an activating group) is 1. The number of ether oxygens (including phenoxy) is 1. The topological polar surface area (TPSA) is 105 Å². The van der Waals surface area contributed by atoms with E-state index in [1.165, 1.54) is 11.9 Å². The van der Waals surface area contributed by atoms with Crippen LogP contribution in [0.2, 0.25) is 0 Å². The summed E-state index contributed by atoms with van der Waals surface area (Å²) in [7, 11) is 1.47. The molecule has 0 unspecified atom stereocenters. The smallest absolute Gasteiger partial charge is 0.311 e. The molecule has 7 nitrogen and oxygen atoms in total. The zero-order valence-corrected chi connectivity index (χ0v) is 11.7. The Labute approximate surface area is 117 Å². The van der Waals surface area contributed by atoms with Gasteiger partial charge in [0.05, 0.1) is 17.1 Å². The van der Waals surface area contributed by atoms with E-state index in [9.17, 15) is 14.7 Å². The summed E-state index contributed by atoms with van der Waals surface area (Å²) in [5.41, 5.74) is 4.23. The summed E-state index contributed by atoms with van der Waals surface area (Å²) in [6, 6.07) is 0. The van der Waals surface area contributed by atoms with Crippen molar-refractivity contribution in [2.75, 3.05) is 33.4 Å². The van der Waals surface area contributed by atoms with Crippen LogP contribution < -0.4 is 11.1 Å². The number of aliphatic hydroxyl groups is 1. The zero-order valence-electron chi connectivity index (χ0n) is 10.8. The first-order valence-corrected chi connectivity index (χ1v) is 6.37. The summed E-state index contributed by atoms with van der Waals surface area (Å²) in [6.07, 6.45) is 0.887. The summed E-state index contributed by atoms with van der Waals surface area (Å²) in [4.78, 5) is 24.6. The van der Waals surface area contributed by atoms with E-state index in [2.05, 4.69) is 17.5 Å². The van der Waals surface area contributed by atoms with Gasteiger partial charge in [0.2, 0.25) is 0 Å². The fourth-order valence-corrected chi connectivity index (χ4v) is 1.91. The Bertz CT molecular complexity index is 369. The van der Waals surface area contributed by atoms with Crippen molar-refractivity contribution in [1.82, 2.24) is 10.2 Å². The van der Waals surface area contributed by atoms with Gasteiger partial charge in [-0.1, -0.05) is 12.2 Å². The molecule has 1 aliphatic rings. The van der Waals surface area contributed by atoms with Gasteiger partial charge in [0.15, 0.2) is 0 Å². The lowest BCUT2D eigenvalue weighted by Crippen LogP contribution is -2.51. The van der Waals surface area contributed by atoms with E-state index in [0.717, 1.165) is 0 Å². The Balaban J connectivity index is 2.47. The van der Waals surface area contributed by atoms with Crippen molar-refractivity contribution < 1.29 is 19.4 Å². The first-order chi connectivity index (χ1) is 8.84. The highest BCUT2D eigenvalue weighted by Gasteiger charge is 2.33. The first-order valence-electron chi connectivity index (χ1n) is 5.96. The monoisotopic (exact) mass is 289 g/mol. The van der Waals surface area contributed by atoms with E-state index in [1.54, 1.807) is 0 Å². The molecule has 0 aromatic heterocycles. The van der Waals surface area contributed by atoms with Gasteiger partial charge in [-0.05, 0) is 0 Å². The van der Waals surface area contributed by atoms with E-state index in [4.69, 9.17) is 10.5 Å². The predicted octanol–water partition coefficient (Wildman–Crippen LogP) is -1.61. The molecule has 0 spiro atoms. The van der Waals surface area contributed by atoms with Crippen LogP contribution in [-0.4, -0.2) is 65.8 Å². The second-order valence-electron chi connectivity index (χ2n) is 4.65. The number of hydrogen-bond donors (Lipinski definition) is 3. The molecular weight excluding hydrogens is 270 g/mol. The summed E-state index contributed by atoms with van der Waals surface area (Å²) in [5, 5.41) is 12.6. The van der Waals surface area contributed by atoms with Crippen LogP contribution in [-0.2, 0) is 14.3 Å². The van der Waals surface area contributed by atoms with Crippen molar-refractivity contribution in [3.8, 4) is 0 Å². The van der Waals surface area contributed by atoms with Crippen LogP contribution in [0.4, 0.5) is 0 Å². The minimum atomic E-state index is -0.994. The molecule has 2 amide bonds. The van der Waals surface area contributed by atoms with Crippen molar-refractivity contribution >= 4 is 29.0 Å². The SMILES string of the molecule is CN(CC1(O)CCOCC1)C(=O)C(=O)NCC(N)=S. The molecule has 1 saturated heterocycles. The molecule has 0 atom stereocenters. The van der Waals surface area contributed by atoms with Gasteiger partial charge in [-0.15, -0.1) is 0 Å². The number of amides is 2. The molecule has 1 fully saturated rings. The van der Waals surface area contributed by atoms with Gasteiger partial charge in [0, 0.05) is 39.6 Å². The number of nitrogens with zero attached hydrogens (tertiary/aromatic N) is 1. The number of carbonyl (C=O) groups excluding carboxylic acids is 2. The van der Waals surface area contributed by atoms with Crippen LogP contribution in [0.15, 0.2) is 0 Å². The van der Waals surface area contributed by atoms with Gasteiger partial charge in [0.25, 0.3) is 0 Å². The maximum absolute atomic E-state index is 11.8. The molecule has 0 aromatic carbocycles. The van der Waals surface area contributed by atoms with Crippen LogP contribution in [0.25, 0.3) is 0 Å². The molecule has 1 aliphatic heterocycles. The lowest BCUT2D eigenvalue weighted by Gasteiger charge is -2.35. The standard InChI is InChI=1S/C11H19N3O4S/c1-14(7-11(17)2-4-18-5-3-11)10(16)9(15)13-6-8(12)19/h17H,2-7H2,1H3,(H2,12,19)(H,13,15). The predicted molar refractivity (Wildman–Crippen MR) is 72.4 cm³/mol. The Morgan fingerprint density at radius 2 is 2.05 bits per heavy atom. The van der Waals surface area contributed by atoms with E-state index in [1.807, 2.05) is 0 Å². The maximum atomic E-state index is 11.8. The number of hydrogen-bond acceptors (Lipinski definition) is 5. The van der Waals surface area contributed by atoms with Gasteiger partial charge in [-0.2, -0.15) is 0 Å². The van der Waals surface area contributed by atoms with Gasteiger partial charge in [-0.3, -0.25) is 9.59 Å². The first kappa shape index (κ1) is 15.8. The van der Waals surface area contributed by atoms with Crippen LogP contribution in [0, 0.1) is 0 Å². The van der Waals surface area contributed by atoms with Gasteiger partial charge < -0.3 is 25.8 Å². The van der Waals surface area contributed by atoms with Crippen molar-refractivity contribution in [3.63, 3.8) is 0 Å². The number of rotatable bonds is 4. The summed E-state index contributed by atoms with van der Waals surface area (Å²) in [6.45, 7) is 0.972. The van der Waals surface area contributed by atoms with Crippen LogP contribution in [0.3, 0.4) is 0 Å². The zero-order chi connectivity index (χ0) is 14.5. The van der Waals surface area contributed by atoms with E-state index < -0.39 is 17.4 Å². The van der Waals surface area contributed by atoms with Crippen molar-refractivity contribution in [3.05, 3.63) is 0 Å². The molecule has 0 radical (unpaired) electrons. The Kier molecular flexibility index (Phi) is 5.64. The molecule has 8 heteroatoms. The van der Waals surface area contributed by atoms with E-state index >= 15 is 0 Å². The molecule has 4 N–H and O–H groups in total. The third kappa shape index (κ3) is 5.09. The van der Waals surface area contributed by atoms with Crippen molar-refractivity contribution in [1.29, 1.82) is 0 Å². The normalized spacial score (nSPS) is 17.6. The fourth-order valence-electron chi connectivity index (χ4n) is 1.84. The molecular formula is C11H19N3O4S. The minimum Gasteiger partial charge on any atom is -0.392 e. The molecule has 1 heterocycles. The molecule has 0 aromatic rings. The summed E-state index contributed by atoms with van der Waals surface area (Å²) >= 11 is 4.60. The summed E-state index contributed by atoms with van der Waals surface area (Å²) < 4.78 is 5.15. The third-order valence-electron chi connectivity index (χ3n) is 2.92. The lowest BCUT2D eigenvalue weighted by atomic mass is 9.94. The number of thiocarbonyl (C=S) groups is 1. The summed E-state index contributed by atoms with van der Waals surface area (Å²) in [5.74, 6) is -1.51. The second kappa shape index (κ2) is 6.78. The van der Waals surface area contributed by atoms with E-state index in [0.29, 0.717) is 26.1 Å². The Morgan fingerprint density at radius 1 is 1.47 bits per heavy atom. The molecule has 0 saturated carbocycles. The highest BCUT2D eigenvalue weighted by Crippen LogP contribution is 2.21. The Morgan fingerprint density at radius 3 is 2.58 bits per heavy atom. The van der Waals surface area contributed by atoms with Crippen LogP contribution in [0.5, 0.6) is 0 Å². The fraction of sp³-hybridized carbons (Fsp3) is 0.727. The third-order valence-corrected chi connectivity index (χ3v) is 3.06. The molecule has 0 bridgehead atoms. The van der Waals surface area contributed by atoms with Gasteiger partial charge in [-0.25, -0.2) is 0 Å². The minimum absolute atomic E-state index is 0.0220. The quantitative estimate of drug-likeness (QED) is 0.425. The molecule has 0 aliphatic carbocycles. The maximum Gasteiger partial charge on any atom is 0.311 e. The average Bonchev–Trinajstić information content (AvgIpc) is 2.35. The molecule has 108 valence electrons. The highest BCUT2D eigenvalue weighted by molar-refractivity contribution is 7.80. The lowest BCUT2D eigenvalue weighted by molar-refractivity contribution is -0.148. The van der Waals surface area contributed by atoms with Crippen LogP contribution >= 0.6 is 12.2 Å². The average molecular weight is 289 g/mol. The number of nitrogens with two attached hydrogens (primary N) is 1.